The fourth-order valence-corrected chi connectivity index (χ4v) is 4.56. The Balaban J connectivity index is 1.71. The average Bonchev–Trinajstić information content (AvgIpc) is 3.33. The van der Waals surface area contributed by atoms with E-state index in [2.05, 4.69) is 15.0 Å². The van der Waals surface area contributed by atoms with Crippen molar-refractivity contribution in [3.63, 3.8) is 0 Å². The van der Waals surface area contributed by atoms with Gasteiger partial charge in [0, 0.05) is 37.9 Å². The Morgan fingerprint density at radius 2 is 1.85 bits per heavy atom. The van der Waals surface area contributed by atoms with Crippen LogP contribution in [-0.4, -0.2) is 48.2 Å². The molecule has 9 heteroatoms. The molecular weight excluding hydrogens is 362 g/mol. The molecule has 1 aliphatic rings. The Bertz CT molecular complexity index is 1140. The van der Waals surface area contributed by atoms with Crippen LogP contribution >= 0.6 is 11.3 Å². The molecule has 5 rings (SSSR count). The number of carbonyl (C=O) groups is 1. The van der Waals surface area contributed by atoms with E-state index in [1.807, 2.05) is 9.30 Å². The summed E-state index contributed by atoms with van der Waals surface area (Å²) < 4.78 is 1.82. The number of fused-ring (bicyclic) bond motifs is 3. The lowest BCUT2D eigenvalue weighted by Crippen LogP contribution is -2.35. The van der Waals surface area contributed by atoms with Crippen LogP contribution < -0.4 is 5.73 Å². The second-order valence-electron chi connectivity index (χ2n) is 6.51. The molecule has 0 unspecified atom stereocenters. The van der Waals surface area contributed by atoms with Crippen molar-refractivity contribution in [2.75, 3.05) is 18.8 Å². The summed E-state index contributed by atoms with van der Waals surface area (Å²) in [5, 5.41) is 0.713. The summed E-state index contributed by atoms with van der Waals surface area (Å²) in [6, 6.07) is 1.76. The van der Waals surface area contributed by atoms with Crippen LogP contribution in [-0.2, 0) is 0 Å². The number of hydrogen-bond acceptors (Lipinski definition) is 7. The van der Waals surface area contributed by atoms with E-state index in [-0.39, 0.29) is 5.91 Å². The molecule has 5 heterocycles. The highest BCUT2D eigenvalue weighted by Gasteiger charge is 2.26. The number of thiophene rings is 1. The molecule has 1 saturated heterocycles. The maximum atomic E-state index is 13.0. The monoisotopic (exact) mass is 379 g/mol. The first-order valence-corrected chi connectivity index (χ1v) is 9.67. The number of rotatable bonds is 2. The molecule has 0 spiro atoms. The third-order valence-electron chi connectivity index (χ3n) is 4.83. The molecule has 2 N–H and O–H groups in total. The van der Waals surface area contributed by atoms with Crippen molar-refractivity contribution in [3.8, 4) is 11.6 Å². The molecule has 0 atom stereocenters. The minimum absolute atomic E-state index is 0.0163. The zero-order valence-electron chi connectivity index (χ0n) is 14.5. The van der Waals surface area contributed by atoms with Crippen LogP contribution in [0.2, 0.25) is 0 Å². The molecule has 1 fully saturated rings. The summed E-state index contributed by atoms with van der Waals surface area (Å²) in [5.41, 5.74) is 7.51. The molecule has 136 valence electrons. The van der Waals surface area contributed by atoms with Crippen molar-refractivity contribution in [3.05, 3.63) is 35.7 Å². The number of carbonyl (C=O) groups excluding carboxylic acids is 1. The van der Waals surface area contributed by atoms with Gasteiger partial charge in [-0.05, 0) is 25.3 Å². The van der Waals surface area contributed by atoms with Crippen LogP contribution in [0.5, 0.6) is 0 Å². The third kappa shape index (κ3) is 2.54. The quantitative estimate of drug-likeness (QED) is 0.574. The average molecular weight is 379 g/mol. The Morgan fingerprint density at radius 1 is 1.07 bits per heavy atom. The summed E-state index contributed by atoms with van der Waals surface area (Å²) in [4.78, 5) is 33.9. The molecule has 1 amide bonds. The topological polar surface area (TPSA) is 102 Å². The van der Waals surface area contributed by atoms with Gasteiger partial charge in [-0.2, -0.15) is 0 Å². The second-order valence-corrected chi connectivity index (χ2v) is 7.51. The Kier molecular flexibility index (Phi) is 3.75. The summed E-state index contributed by atoms with van der Waals surface area (Å²) in [7, 11) is 0. The van der Waals surface area contributed by atoms with Gasteiger partial charge in [-0.25, -0.2) is 19.9 Å². The van der Waals surface area contributed by atoms with E-state index in [0.29, 0.717) is 38.1 Å². The van der Waals surface area contributed by atoms with Crippen molar-refractivity contribution < 1.29 is 4.79 Å². The highest BCUT2D eigenvalue weighted by molar-refractivity contribution is 7.21. The molecule has 0 aromatic carbocycles. The van der Waals surface area contributed by atoms with Gasteiger partial charge in [-0.1, -0.05) is 0 Å². The standard InChI is InChI=1S/C18H17N7OS/c19-12-11-15-22-7-10-25(15)16(14-20-5-4-6-21-14)23-17(11)27-13(12)18(26)24-8-2-1-3-9-24/h4-7,10H,1-3,8-9,19H2. The number of hydrogen-bond donors (Lipinski definition) is 1. The van der Waals surface area contributed by atoms with E-state index in [9.17, 15) is 4.79 Å². The van der Waals surface area contributed by atoms with E-state index in [4.69, 9.17) is 10.7 Å². The Hall–Kier alpha value is -3.07. The van der Waals surface area contributed by atoms with E-state index in [1.165, 1.54) is 17.8 Å². The van der Waals surface area contributed by atoms with Crippen LogP contribution in [0.1, 0.15) is 28.9 Å². The first kappa shape index (κ1) is 16.1. The fraction of sp³-hybridized carbons (Fsp3) is 0.278. The first-order chi connectivity index (χ1) is 13.2. The van der Waals surface area contributed by atoms with Crippen LogP contribution in [0.4, 0.5) is 5.69 Å². The molecule has 4 aromatic rings. The number of aromatic nitrogens is 5. The molecule has 0 bridgehead atoms. The molecule has 0 radical (unpaired) electrons. The van der Waals surface area contributed by atoms with Gasteiger partial charge in [0.15, 0.2) is 17.3 Å². The molecule has 0 saturated carbocycles. The van der Waals surface area contributed by atoms with E-state index < -0.39 is 0 Å². The number of nitrogen functional groups attached to an aromatic ring is 1. The fourth-order valence-electron chi connectivity index (χ4n) is 3.51. The number of nitrogens with zero attached hydrogens (tertiary/aromatic N) is 6. The first-order valence-electron chi connectivity index (χ1n) is 8.86. The SMILES string of the molecule is Nc1c(C(=O)N2CCCCC2)sc2nc(-c3ncccn3)n3ccnc3c12. The zero-order valence-corrected chi connectivity index (χ0v) is 15.3. The number of anilines is 1. The number of imidazole rings is 1. The maximum Gasteiger partial charge on any atom is 0.266 e. The molecule has 8 nitrogen and oxygen atoms in total. The van der Waals surface area contributed by atoms with E-state index in [0.717, 1.165) is 25.9 Å². The maximum absolute atomic E-state index is 13.0. The van der Waals surface area contributed by atoms with Crippen molar-refractivity contribution in [2.45, 2.75) is 19.3 Å². The van der Waals surface area contributed by atoms with Gasteiger partial charge in [0.25, 0.3) is 5.91 Å². The second kappa shape index (κ2) is 6.27. The Morgan fingerprint density at radius 3 is 2.63 bits per heavy atom. The number of amides is 1. The smallest absolute Gasteiger partial charge is 0.266 e. The van der Waals surface area contributed by atoms with Gasteiger partial charge in [0.1, 0.15) is 9.71 Å². The van der Waals surface area contributed by atoms with Crippen LogP contribution in [0.25, 0.3) is 27.5 Å². The predicted molar refractivity (Wildman–Crippen MR) is 104 cm³/mol. The van der Waals surface area contributed by atoms with Crippen molar-refractivity contribution >= 4 is 38.8 Å². The lowest BCUT2D eigenvalue weighted by molar-refractivity contribution is 0.0730. The highest BCUT2D eigenvalue weighted by atomic mass is 32.1. The molecular formula is C18H17N7OS. The number of nitrogens with two attached hydrogens (primary N) is 1. The summed E-state index contributed by atoms with van der Waals surface area (Å²) in [6.07, 6.45) is 10.1. The van der Waals surface area contributed by atoms with Gasteiger partial charge < -0.3 is 10.6 Å². The summed E-state index contributed by atoms with van der Waals surface area (Å²) in [5.74, 6) is 1.06. The van der Waals surface area contributed by atoms with Gasteiger partial charge in [-0.3, -0.25) is 9.20 Å². The summed E-state index contributed by atoms with van der Waals surface area (Å²) >= 11 is 1.32. The zero-order chi connectivity index (χ0) is 18.4. The summed E-state index contributed by atoms with van der Waals surface area (Å²) in [6.45, 7) is 1.56. The number of likely N-dealkylation sites (tertiary alicyclic amines) is 1. The lowest BCUT2D eigenvalue weighted by atomic mass is 10.1. The predicted octanol–water partition coefficient (Wildman–Crippen LogP) is 2.61. The minimum Gasteiger partial charge on any atom is -0.397 e. The molecule has 4 aromatic heterocycles. The van der Waals surface area contributed by atoms with Crippen molar-refractivity contribution in [1.82, 2.24) is 29.2 Å². The Labute approximate surface area is 158 Å². The van der Waals surface area contributed by atoms with Crippen LogP contribution in [0.15, 0.2) is 30.9 Å². The van der Waals surface area contributed by atoms with E-state index >= 15 is 0 Å². The number of piperidine rings is 1. The van der Waals surface area contributed by atoms with Gasteiger partial charge in [0.05, 0.1) is 11.1 Å². The third-order valence-corrected chi connectivity index (χ3v) is 5.92. The van der Waals surface area contributed by atoms with Crippen molar-refractivity contribution in [1.29, 1.82) is 0 Å². The minimum atomic E-state index is -0.0163. The van der Waals surface area contributed by atoms with E-state index in [1.54, 1.807) is 30.9 Å². The molecule has 27 heavy (non-hydrogen) atoms. The van der Waals surface area contributed by atoms with Gasteiger partial charge in [0.2, 0.25) is 0 Å². The molecule has 1 aliphatic heterocycles. The van der Waals surface area contributed by atoms with Crippen LogP contribution in [0, 0.1) is 0 Å². The largest absolute Gasteiger partial charge is 0.397 e. The highest BCUT2D eigenvalue weighted by Crippen LogP contribution is 2.37. The lowest BCUT2D eigenvalue weighted by Gasteiger charge is -2.26. The van der Waals surface area contributed by atoms with Gasteiger partial charge >= 0.3 is 0 Å². The van der Waals surface area contributed by atoms with Gasteiger partial charge in [-0.15, -0.1) is 11.3 Å². The van der Waals surface area contributed by atoms with Crippen molar-refractivity contribution in [2.24, 2.45) is 0 Å². The van der Waals surface area contributed by atoms with Crippen LogP contribution in [0.3, 0.4) is 0 Å². The normalized spacial score (nSPS) is 14.9. The molecule has 0 aliphatic carbocycles.